The monoisotopic (exact) mass is 300 g/mol. The normalized spacial score (nSPS) is 20.8. The number of hydrogen-bond donors (Lipinski definition) is 1. The van der Waals surface area contributed by atoms with E-state index in [-0.39, 0.29) is 0 Å². The number of aryl methyl sites for hydroxylation is 2. The summed E-state index contributed by atoms with van der Waals surface area (Å²) in [4.78, 5) is 11.0. The molecule has 22 heavy (non-hydrogen) atoms. The van der Waals surface area contributed by atoms with Crippen LogP contribution in [0.2, 0.25) is 0 Å². The molecule has 2 N–H and O–H groups in total. The van der Waals surface area contributed by atoms with Crippen LogP contribution in [-0.2, 0) is 13.6 Å². The van der Waals surface area contributed by atoms with Crippen molar-refractivity contribution < 1.29 is 0 Å². The Balaban J connectivity index is 1.77. The molecule has 0 spiro atoms. The zero-order valence-corrected chi connectivity index (χ0v) is 13.7. The van der Waals surface area contributed by atoms with E-state index in [2.05, 4.69) is 46.9 Å². The summed E-state index contributed by atoms with van der Waals surface area (Å²) in [7, 11) is 4.04. The van der Waals surface area contributed by atoms with Crippen LogP contribution in [0.15, 0.2) is 12.4 Å². The Morgan fingerprint density at radius 3 is 2.64 bits per heavy atom. The summed E-state index contributed by atoms with van der Waals surface area (Å²) in [5.41, 5.74) is 10.5. The second kappa shape index (κ2) is 5.68. The molecule has 2 aromatic rings. The summed E-state index contributed by atoms with van der Waals surface area (Å²) < 4.78 is 1.93. The number of anilines is 1. The molecule has 2 heterocycles. The van der Waals surface area contributed by atoms with Crippen molar-refractivity contribution in [1.82, 2.24) is 19.7 Å². The summed E-state index contributed by atoms with van der Waals surface area (Å²) in [5.74, 6) is 1.44. The lowest BCUT2D eigenvalue weighted by molar-refractivity contribution is 0.345. The molecule has 6 heteroatoms. The quantitative estimate of drug-likeness (QED) is 0.930. The number of hydrogen-bond acceptors (Lipinski definition) is 5. The maximum absolute atomic E-state index is 5.88. The zero-order valence-electron chi connectivity index (χ0n) is 13.7. The average molecular weight is 300 g/mol. The van der Waals surface area contributed by atoms with E-state index in [9.17, 15) is 0 Å². The van der Waals surface area contributed by atoms with Gasteiger partial charge in [0.25, 0.3) is 0 Å². The predicted octanol–water partition coefficient (Wildman–Crippen LogP) is 1.67. The van der Waals surface area contributed by atoms with E-state index < -0.39 is 0 Å². The van der Waals surface area contributed by atoms with Crippen LogP contribution >= 0.6 is 0 Å². The highest BCUT2D eigenvalue weighted by molar-refractivity contribution is 5.41. The highest BCUT2D eigenvalue weighted by atomic mass is 15.3. The summed E-state index contributed by atoms with van der Waals surface area (Å²) in [6.45, 7) is 4.95. The molecular weight excluding hydrogens is 276 g/mol. The number of rotatable bonds is 4. The van der Waals surface area contributed by atoms with E-state index in [4.69, 9.17) is 5.73 Å². The first kappa shape index (κ1) is 15.0. The van der Waals surface area contributed by atoms with Crippen LogP contribution in [0.3, 0.4) is 0 Å². The first-order chi connectivity index (χ1) is 10.5. The predicted molar refractivity (Wildman–Crippen MR) is 86.8 cm³/mol. The maximum Gasteiger partial charge on any atom is 0.132 e. The molecule has 0 atom stereocenters. The van der Waals surface area contributed by atoms with Crippen LogP contribution in [0.4, 0.5) is 5.82 Å². The fourth-order valence-electron chi connectivity index (χ4n) is 3.06. The lowest BCUT2D eigenvalue weighted by atomic mass is 9.78. The van der Waals surface area contributed by atoms with Gasteiger partial charge in [0.1, 0.15) is 12.1 Å². The van der Waals surface area contributed by atoms with Crippen molar-refractivity contribution in [2.75, 3.05) is 11.9 Å². The first-order valence-electron chi connectivity index (χ1n) is 7.73. The molecule has 0 unspecified atom stereocenters. The summed E-state index contributed by atoms with van der Waals surface area (Å²) in [6, 6.07) is 2.43. The molecule has 0 amide bonds. The highest BCUT2D eigenvalue weighted by Gasteiger charge is 2.28. The van der Waals surface area contributed by atoms with Gasteiger partial charge in [0.05, 0.1) is 5.69 Å². The third kappa shape index (κ3) is 2.70. The van der Waals surface area contributed by atoms with Gasteiger partial charge < -0.3 is 10.6 Å². The Kier molecular flexibility index (Phi) is 3.87. The molecule has 0 aliphatic heterocycles. The zero-order chi connectivity index (χ0) is 15.9. The highest BCUT2D eigenvalue weighted by Crippen LogP contribution is 2.35. The third-order valence-electron chi connectivity index (χ3n) is 4.71. The first-order valence-corrected chi connectivity index (χ1v) is 7.73. The van der Waals surface area contributed by atoms with Gasteiger partial charge in [-0.05, 0) is 26.7 Å². The van der Waals surface area contributed by atoms with Crippen LogP contribution in [0, 0.1) is 13.8 Å². The third-order valence-corrected chi connectivity index (χ3v) is 4.71. The molecule has 118 valence electrons. The minimum atomic E-state index is 0.335. The van der Waals surface area contributed by atoms with Crippen molar-refractivity contribution in [3.05, 3.63) is 35.0 Å². The van der Waals surface area contributed by atoms with Gasteiger partial charge in [-0.3, -0.25) is 4.68 Å². The van der Waals surface area contributed by atoms with E-state index >= 15 is 0 Å². The minimum absolute atomic E-state index is 0.335. The lowest BCUT2D eigenvalue weighted by Crippen LogP contribution is -2.35. The molecule has 1 fully saturated rings. The van der Waals surface area contributed by atoms with Crippen molar-refractivity contribution in [3.63, 3.8) is 0 Å². The van der Waals surface area contributed by atoms with Gasteiger partial charge in [0.2, 0.25) is 0 Å². The molecule has 1 aliphatic carbocycles. The fourth-order valence-corrected chi connectivity index (χ4v) is 3.06. The van der Waals surface area contributed by atoms with Crippen LogP contribution in [0.5, 0.6) is 0 Å². The van der Waals surface area contributed by atoms with Crippen molar-refractivity contribution in [2.45, 2.75) is 45.2 Å². The van der Waals surface area contributed by atoms with Gasteiger partial charge in [0, 0.05) is 55.6 Å². The van der Waals surface area contributed by atoms with Crippen LogP contribution in [0.25, 0.3) is 0 Å². The fraction of sp³-hybridized carbons (Fsp3) is 0.562. The molecule has 3 rings (SSSR count). The average Bonchev–Trinajstić information content (AvgIpc) is 2.70. The van der Waals surface area contributed by atoms with Crippen molar-refractivity contribution >= 4 is 5.82 Å². The lowest BCUT2D eigenvalue weighted by Gasteiger charge is -2.32. The molecule has 1 aliphatic rings. The molecule has 2 aromatic heterocycles. The smallest absolute Gasteiger partial charge is 0.132 e. The van der Waals surface area contributed by atoms with Gasteiger partial charge in [-0.2, -0.15) is 5.10 Å². The SMILES string of the molecule is Cc1nn(C)c(C)c1CN(C)c1cc(C2CC(N)C2)ncn1. The number of aromatic nitrogens is 4. The molecule has 0 saturated heterocycles. The van der Waals surface area contributed by atoms with Crippen molar-refractivity contribution in [2.24, 2.45) is 12.8 Å². The van der Waals surface area contributed by atoms with E-state index in [1.165, 1.54) is 11.3 Å². The maximum atomic E-state index is 5.88. The van der Waals surface area contributed by atoms with E-state index in [0.717, 1.165) is 36.6 Å². The number of nitrogens with zero attached hydrogens (tertiary/aromatic N) is 5. The number of nitrogens with two attached hydrogens (primary N) is 1. The summed E-state index contributed by atoms with van der Waals surface area (Å²) in [6.07, 6.45) is 3.72. The van der Waals surface area contributed by atoms with Gasteiger partial charge in [-0.25, -0.2) is 9.97 Å². The molecule has 6 nitrogen and oxygen atoms in total. The molecule has 1 saturated carbocycles. The van der Waals surface area contributed by atoms with Gasteiger partial charge in [-0.1, -0.05) is 0 Å². The molecule has 0 radical (unpaired) electrons. The van der Waals surface area contributed by atoms with Crippen LogP contribution in [-0.4, -0.2) is 32.8 Å². The molecular formula is C16H24N6. The minimum Gasteiger partial charge on any atom is -0.355 e. The Morgan fingerprint density at radius 1 is 1.32 bits per heavy atom. The van der Waals surface area contributed by atoms with E-state index in [0.29, 0.717) is 12.0 Å². The van der Waals surface area contributed by atoms with Gasteiger partial charge in [0.15, 0.2) is 0 Å². The van der Waals surface area contributed by atoms with Crippen molar-refractivity contribution in [3.8, 4) is 0 Å². The Bertz CT molecular complexity index is 671. The largest absolute Gasteiger partial charge is 0.355 e. The Hall–Kier alpha value is -1.95. The summed E-state index contributed by atoms with van der Waals surface area (Å²) in [5, 5.41) is 4.48. The topological polar surface area (TPSA) is 72.9 Å². The summed E-state index contributed by atoms with van der Waals surface area (Å²) >= 11 is 0. The Labute approximate surface area is 131 Å². The van der Waals surface area contributed by atoms with Crippen LogP contribution < -0.4 is 10.6 Å². The Morgan fingerprint density at radius 2 is 2.05 bits per heavy atom. The standard InChI is InChI=1S/C16H24N6/c1-10-14(11(2)22(4)20-10)8-21(3)16-7-15(18-9-19-16)12-5-13(17)6-12/h7,9,12-13H,5-6,8,17H2,1-4H3. The second-order valence-electron chi connectivity index (χ2n) is 6.36. The van der Waals surface area contributed by atoms with Crippen LogP contribution in [0.1, 0.15) is 41.4 Å². The van der Waals surface area contributed by atoms with E-state index in [1.54, 1.807) is 6.33 Å². The van der Waals surface area contributed by atoms with Crippen molar-refractivity contribution in [1.29, 1.82) is 0 Å². The molecule has 0 bridgehead atoms. The molecule has 0 aromatic carbocycles. The second-order valence-corrected chi connectivity index (χ2v) is 6.36. The van der Waals surface area contributed by atoms with Gasteiger partial charge in [-0.15, -0.1) is 0 Å². The van der Waals surface area contributed by atoms with E-state index in [1.807, 2.05) is 11.7 Å². The van der Waals surface area contributed by atoms with Gasteiger partial charge >= 0.3 is 0 Å².